The van der Waals surface area contributed by atoms with Gasteiger partial charge in [0.25, 0.3) is 0 Å². The van der Waals surface area contributed by atoms with Gasteiger partial charge in [0.1, 0.15) is 11.2 Å². The van der Waals surface area contributed by atoms with Crippen LogP contribution >= 0.6 is 47.0 Å². The molecular formula is C11H9Cl3N2OS. The van der Waals surface area contributed by atoms with Crippen LogP contribution in [0.15, 0.2) is 18.2 Å². The SMILES string of the molecule is Cn1[nH]c(COc2c(Cl)cc(Cl)cc2Cl)cc1=S. The number of halogens is 3. The van der Waals surface area contributed by atoms with Gasteiger partial charge in [0.05, 0.1) is 15.7 Å². The van der Waals surface area contributed by atoms with Crippen LogP contribution in [0.25, 0.3) is 0 Å². The van der Waals surface area contributed by atoms with E-state index in [4.69, 9.17) is 51.8 Å². The first-order valence-electron chi connectivity index (χ1n) is 4.99. The second-order valence-electron chi connectivity index (χ2n) is 3.67. The molecule has 1 N–H and O–H groups in total. The number of H-pyrrole nitrogens is 1. The lowest BCUT2D eigenvalue weighted by Crippen LogP contribution is -1.99. The van der Waals surface area contributed by atoms with Gasteiger partial charge in [-0.15, -0.1) is 0 Å². The molecule has 0 saturated carbocycles. The second kappa shape index (κ2) is 5.53. The van der Waals surface area contributed by atoms with Crippen LogP contribution < -0.4 is 4.74 Å². The zero-order chi connectivity index (χ0) is 13.3. The molecule has 0 fully saturated rings. The summed E-state index contributed by atoms with van der Waals surface area (Å²) in [4.78, 5) is 0. The van der Waals surface area contributed by atoms with Crippen molar-refractivity contribution in [2.45, 2.75) is 6.61 Å². The Bertz CT molecular complexity index is 612. The fourth-order valence-electron chi connectivity index (χ4n) is 1.44. The smallest absolute Gasteiger partial charge is 0.157 e. The molecule has 0 spiro atoms. The predicted octanol–water partition coefficient (Wildman–Crippen LogP) is 4.62. The van der Waals surface area contributed by atoms with Crippen molar-refractivity contribution < 1.29 is 4.74 Å². The van der Waals surface area contributed by atoms with Gasteiger partial charge in [-0.1, -0.05) is 47.0 Å². The minimum atomic E-state index is 0.297. The molecular weight excluding hydrogens is 315 g/mol. The largest absolute Gasteiger partial charge is 0.484 e. The van der Waals surface area contributed by atoms with Crippen molar-refractivity contribution in [2.75, 3.05) is 0 Å². The van der Waals surface area contributed by atoms with Crippen LogP contribution in [-0.4, -0.2) is 9.78 Å². The van der Waals surface area contributed by atoms with E-state index < -0.39 is 0 Å². The Morgan fingerprint density at radius 3 is 2.33 bits per heavy atom. The minimum Gasteiger partial charge on any atom is -0.484 e. The van der Waals surface area contributed by atoms with Gasteiger partial charge in [-0.2, -0.15) is 0 Å². The molecule has 0 radical (unpaired) electrons. The van der Waals surface area contributed by atoms with Crippen LogP contribution in [0.5, 0.6) is 5.75 Å². The molecule has 0 atom stereocenters. The molecule has 0 aliphatic rings. The van der Waals surface area contributed by atoms with E-state index in [0.29, 0.717) is 32.1 Å². The number of aryl methyl sites for hydroxylation is 1. The highest BCUT2D eigenvalue weighted by Crippen LogP contribution is 2.36. The number of aromatic amines is 1. The van der Waals surface area contributed by atoms with Gasteiger partial charge in [-0.3, -0.25) is 9.78 Å². The van der Waals surface area contributed by atoms with Crippen LogP contribution in [-0.2, 0) is 13.7 Å². The van der Waals surface area contributed by atoms with Crippen molar-refractivity contribution in [3.63, 3.8) is 0 Å². The Labute approximate surface area is 124 Å². The molecule has 0 bridgehead atoms. The molecule has 1 heterocycles. The third-order valence-electron chi connectivity index (χ3n) is 2.27. The zero-order valence-electron chi connectivity index (χ0n) is 9.34. The minimum absolute atomic E-state index is 0.297. The number of aromatic nitrogens is 2. The van der Waals surface area contributed by atoms with Crippen molar-refractivity contribution in [1.29, 1.82) is 0 Å². The van der Waals surface area contributed by atoms with Gasteiger partial charge in [-0.05, 0) is 18.2 Å². The van der Waals surface area contributed by atoms with Crippen LogP contribution in [0.1, 0.15) is 5.69 Å². The Morgan fingerprint density at radius 1 is 1.22 bits per heavy atom. The molecule has 0 unspecified atom stereocenters. The number of ether oxygens (including phenoxy) is 1. The van der Waals surface area contributed by atoms with Gasteiger partial charge in [0.15, 0.2) is 5.75 Å². The molecule has 2 aromatic rings. The summed E-state index contributed by atoms with van der Waals surface area (Å²) in [5, 5.41) is 4.26. The third kappa shape index (κ3) is 3.01. The predicted molar refractivity (Wildman–Crippen MR) is 76.4 cm³/mol. The Balaban J connectivity index is 2.18. The fraction of sp³-hybridized carbons (Fsp3) is 0.182. The highest BCUT2D eigenvalue weighted by atomic mass is 35.5. The highest BCUT2D eigenvalue weighted by molar-refractivity contribution is 7.71. The summed E-state index contributed by atoms with van der Waals surface area (Å²) in [6.45, 7) is 0.297. The van der Waals surface area contributed by atoms with E-state index in [-0.39, 0.29) is 0 Å². The van der Waals surface area contributed by atoms with Crippen LogP contribution in [0, 0.1) is 4.64 Å². The molecule has 0 saturated heterocycles. The standard InChI is InChI=1S/C11H9Cl3N2OS/c1-16-10(18)4-7(15-16)5-17-11-8(13)2-6(12)3-9(11)14/h2-4,15H,5H2,1H3. The number of hydrogen-bond acceptors (Lipinski definition) is 2. The fourth-order valence-corrected chi connectivity index (χ4v) is 2.55. The van der Waals surface area contributed by atoms with Crippen LogP contribution in [0.3, 0.4) is 0 Å². The number of rotatable bonds is 3. The molecule has 0 amide bonds. The summed E-state index contributed by atoms with van der Waals surface area (Å²) in [5.41, 5.74) is 0.838. The maximum absolute atomic E-state index is 6.01. The zero-order valence-corrected chi connectivity index (χ0v) is 12.4. The maximum atomic E-state index is 6.01. The monoisotopic (exact) mass is 322 g/mol. The van der Waals surface area contributed by atoms with Crippen molar-refractivity contribution in [1.82, 2.24) is 9.78 Å². The molecule has 0 aliphatic heterocycles. The van der Waals surface area contributed by atoms with Gasteiger partial charge in [-0.25, -0.2) is 0 Å². The van der Waals surface area contributed by atoms with E-state index in [1.165, 1.54) is 0 Å². The van der Waals surface area contributed by atoms with Crippen molar-refractivity contribution in [3.05, 3.63) is 43.6 Å². The lowest BCUT2D eigenvalue weighted by molar-refractivity contribution is 0.300. The van der Waals surface area contributed by atoms with E-state index in [0.717, 1.165) is 5.69 Å². The maximum Gasteiger partial charge on any atom is 0.157 e. The Hall–Kier alpha value is -0.680. The molecule has 1 aromatic heterocycles. The number of benzene rings is 1. The van der Waals surface area contributed by atoms with Crippen LogP contribution in [0.4, 0.5) is 0 Å². The van der Waals surface area contributed by atoms with E-state index in [1.54, 1.807) is 16.8 Å². The van der Waals surface area contributed by atoms with Crippen molar-refractivity contribution in [2.24, 2.45) is 7.05 Å². The average Bonchev–Trinajstić information content (AvgIpc) is 2.56. The second-order valence-corrected chi connectivity index (χ2v) is 5.33. The van der Waals surface area contributed by atoms with E-state index in [2.05, 4.69) is 5.10 Å². The molecule has 96 valence electrons. The lowest BCUT2D eigenvalue weighted by Gasteiger charge is -2.09. The van der Waals surface area contributed by atoms with E-state index >= 15 is 0 Å². The molecule has 7 heteroatoms. The van der Waals surface area contributed by atoms with E-state index in [1.807, 2.05) is 13.1 Å². The molecule has 3 nitrogen and oxygen atoms in total. The summed E-state index contributed by atoms with van der Waals surface area (Å²) in [6.07, 6.45) is 0. The van der Waals surface area contributed by atoms with Gasteiger partial charge in [0, 0.05) is 12.1 Å². The summed E-state index contributed by atoms with van der Waals surface area (Å²) < 4.78 is 7.98. The third-order valence-corrected chi connectivity index (χ3v) is 3.45. The molecule has 18 heavy (non-hydrogen) atoms. The highest BCUT2D eigenvalue weighted by Gasteiger charge is 2.10. The summed E-state index contributed by atoms with van der Waals surface area (Å²) in [6, 6.07) is 4.97. The average molecular weight is 324 g/mol. The topological polar surface area (TPSA) is 29.9 Å². The normalized spacial score (nSPS) is 10.7. The Morgan fingerprint density at radius 2 is 1.83 bits per heavy atom. The van der Waals surface area contributed by atoms with E-state index in [9.17, 15) is 0 Å². The quantitative estimate of drug-likeness (QED) is 0.835. The molecule has 2 rings (SSSR count). The van der Waals surface area contributed by atoms with Crippen molar-refractivity contribution >= 4 is 47.0 Å². The van der Waals surface area contributed by atoms with Crippen molar-refractivity contribution in [3.8, 4) is 5.75 Å². The molecule has 1 aromatic carbocycles. The first kappa shape index (κ1) is 13.7. The summed E-state index contributed by atoms with van der Waals surface area (Å²) >= 11 is 22.9. The lowest BCUT2D eigenvalue weighted by atomic mass is 10.3. The van der Waals surface area contributed by atoms with Gasteiger partial charge in [0.2, 0.25) is 0 Å². The van der Waals surface area contributed by atoms with Gasteiger partial charge >= 0.3 is 0 Å². The first-order chi connectivity index (χ1) is 8.47. The number of nitrogens with zero attached hydrogens (tertiary/aromatic N) is 1. The molecule has 0 aliphatic carbocycles. The summed E-state index contributed by atoms with van der Waals surface area (Å²) in [5.74, 6) is 0.408. The van der Waals surface area contributed by atoms with Gasteiger partial charge < -0.3 is 4.74 Å². The number of nitrogens with one attached hydrogen (secondary N) is 1. The van der Waals surface area contributed by atoms with Crippen LogP contribution in [0.2, 0.25) is 15.1 Å². The number of hydrogen-bond donors (Lipinski definition) is 1. The first-order valence-corrected chi connectivity index (χ1v) is 6.54. The Kier molecular flexibility index (Phi) is 4.22. The summed E-state index contributed by atoms with van der Waals surface area (Å²) in [7, 11) is 1.83.